The Morgan fingerprint density at radius 3 is 2.72 bits per heavy atom. The Labute approximate surface area is 103 Å². The van der Waals surface area contributed by atoms with Gasteiger partial charge in [0.05, 0.1) is 5.56 Å². The summed E-state index contributed by atoms with van der Waals surface area (Å²) in [6, 6.07) is 7.03. The van der Waals surface area contributed by atoms with Crippen molar-refractivity contribution in [3.8, 4) is 0 Å². The van der Waals surface area contributed by atoms with E-state index in [9.17, 15) is 9.18 Å². The van der Waals surface area contributed by atoms with E-state index >= 15 is 0 Å². The zero-order valence-corrected chi connectivity index (χ0v) is 9.47. The molecule has 0 radical (unpaired) electrons. The van der Waals surface area contributed by atoms with E-state index in [0.717, 1.165) is 11.6 Å². The Morgan fingerprint density at radius 2 is 2.00 bits per heavy atom. The van der Waals surface area contributed by atoms with Crippen molar-refractivity contribution in [2.75, 3.05) is 5.73 Å². The lowest BCUT2D eigenvalue weighted by Gasteiger charge is -2.07. The van der Waals surface area contributed by atoms with Gasteiger partial charge in [-0.05, 0) is 35.9 Å². The molecule has 2 aromatic rings. The molecule has 0 saturated carbocycles. The van der Waals surface area contributed by atoms with Crippen LogP contribution in [0.15, 0.2) is 42.7 Å². The topological polar surface area (TPSA) is 65.2 Å². The second-order valence-electron chi connectivity index (χ2n) is 3.66. The van der Waals surface area contributed by atoms with Crippen molar-refractivity contribution >= 4 is 11.7 Å². The smallest absolute Gasteiger partial charge is 0.340 e. The third-order valence-electron chi connectivity index (χ3n) is 2.35. The van der Waals surface area contributed by atoms with Gasteiger partial charge in [-0.3, -0.25) is 4.98 Å². The van der Waals surface area contributed by atoms with Gasteiger partial charge in [-0.2, -0.15) is 0 Å². The highest BCUT2D eigenvalue weighted by molar-refractivity contribution is 5.95. The molecule has 92 valence electrons. The first-order valence-corrected chi connectivity index (χ1v) is 5.28. The van der Waals surface area contributed by atoms with Crippen LogP contribution in [0.2, 0.25) is 0 Å². The molecule has 0 fully saturated rings. The Balaban J connectivity index is 2.06. The van der Waals surface area contributed by atoms with Crippen molar-refractivity contribution in [3.05, 3.63) is 59.7 Å². The van der Waals surface area contributed by atoms with Gasteiger partial charge in [0.15, 0.2) is 0 Å². The minimum absolute atomic E-state index is 0.0315. The molecule has 1 aromatic heterocycles. The number of nitrogens with zero attached hydrogens (tertiary/aromatic N) is 1. The van der Waals surface area contributed by atoms with Crippen LogP contribution in [0.4, 0.5) is 10.1 Å². The first kappa shape index (κ1) is 12.0. The summed E-state index contributed by atoms with van der Waals surface area (Å²) < 4.78 is 18.0. The number of benzene rings is 1. The summed E-state index contributed by atoms with van der Waals surface area (Å²) in [5.41, 5.74) is 6.60. The van der Waals surface area contributed by atoms with Gasteiger partial charge in [0, 0.05) is 18.1 Å². The first-order valence-electron chi connectivity index (χ1n) is 5.28. The van der Waals surface area contributed by atoms with Crippen molar-refractivity contribution in [1.29, 1.82) is 0 Å². The molecule has 2 rings (SSSR count). The summed E-state index contributed by atoms with van der Waals surface area (Å²) in [5, 5.41) is 0. The number of carbonyl (C=O) groups excluding carboxylic acids is 1. The number of halogens is 1. The number of esters is 1. The summed E-state index contributed by atoms with van der Waals surface area (Å²) in [5.74, 6) is -1.18. The molecule has 1 heterocycles. The number of aromatic nitrogens is 1. The molecule has 1 aromatic carbocycles. The number of hydrogen-bond donors (Lipinski definition) is 1. The third kappa shape index (κ3) is 2.82. The van der Waals surface area contributed by atoms with Gasteiger partial charge >= 0.3 is 5.97 Å². The van der Waals surface area contributed by atoms with Crippen LogP contribution in [0.1, 0.15) is 15.9 Å². The predicted molar refractivity (Wildman–Crippen MR) is 64.2 cm³/mol. The minimum Gasteiger partial charge on any atom is -0.457 e. The molecule has 0 amide bonds. The van der Waals surface area contributed by atoms with Crippen LogP contribution in [-0.2, 0) is 11.3 Å². The molecular formula is C13H11FN2O2. The van der Waals surface area contributed by atoms with Crippen molar-refractivity contribution in [3.63, 3.8) is 0 Å². The normalized spacial score (nSPS) is 10.1. The number of hydrogen-bond acceptors (Lipinski definition) is 4. The van der Waals surface area contributed by atoms with E-state index in [1.165, 1.54) is 12.1 Å². The molecule has 0 saturated heterocycles. The maximum Gasteiger partial charge on any atom is 0.340 e. The van der Waals surface area contributed by atoms with E-state index < -0.39 is 11.8 Å². The van der Waals surface area contributed by atoms with Crippen LogP contribution in [0.25, 0.3) is 0 Å². The largest absolute Gasteiger partial charge is 0.457 e. The third-order valence-corrected chi connectivity index (χ3v) is 2.35. The van der Waals surface area contributed by atoms with Gasteiger partial charge in [-0.15, -0.1) is 0 Å². The maximum absolute atomic E-state index is 13.0. The summed E-state index contributed by atoms with van der Waals surface area (Å²) in [6.45, 7) is 0.0946. The molecule has 5 heteroatoms. The van der Waals surface area contributed by atoms with Gasteiger partial charge < -0.3 is 10.5 Å². The number of rotatable bonds is 3. The summed E-state index contributed by atoms with van der Waals surface area (Å²) >= 11 is 0. The van der Waals surface area contributed by atoms with Gasteiger partial charge in [-0.25, -0.2) is 9.18 Å². The molecule has 18 heavy (non-hydrogen) atoms. The van der Waals surface area contributed by atoms with Gasteiger partial charge in [0.25, 0.3) is 0 Å². The van der Waals surface area contributed by atoms with Gasteiger partial charge in [-0.1, -0.05) is 0 Å². The van der Waals surface area contributed by atoms with Crippen LogP contribution in [0.3, 0.4) is 0 Å². The molecule has 0 unspecified atom stereocenters. The molecule has 0 aliphatic carbocycles. The first-order chi connectivity index (χ1) is 8.66. The number of carbonyl (C=O) groups is 1. The summed E-state index contributed by atoms with van der Waals surface area (Å²) in [6.07, 6.45) is 3.19. The summed E-state index contributed by atoms with van der Waals surface area (Å²) in [7, 11) is 0. The molecular weight excluding hydrogens is 235 g/mol. The van der Waals surface area contributed by atoms with Crippen LogP contribution >= 0.6 is 0 Å². The Bertz CT molecular complexity index is 558. The SMILES string of the molecule is Nc1ccc(F)cc1C(=O)OCc1ccncc1. The van der Waals surface area contributed by atoms with Gasteiger partial charge in [0.1, 0.15) is 12.4 Å². The molecule has 4 nitrogen and oxygen atoms in total. The molecule has 2 N–H and O–H groups in total. The molecule has 0 aliphatic heterocycles. The van der Waals surface area contributed by atoms with E-state index in [1.54, 1.807) is 24.5 Å². The highest BCUT2D eigenvalue weighted by atomic mass is 19.1. The number of pyridine rings is 1. The standard InChI is InChI=1S/C13H11FN2O2/c14-10-1-2-12(15)11(7-10)13(17)18-8-9-3-5-16-6-4-9/h1-7H,8,15H2. The molecule has 0 atom stereocenters. The zero-order chi connectivity index (χ0) is 13.0. The van der Waals surface area contributed by atoms with Crippen LogP contribution in [0, 0.1) is 5.82 Å². The molecule has 0 bridgehead atoms. The minimum atomic E-state index is -0.649. The van der Waals surface area contributed by atoms with Crippen LogP contribution in [-0.4, -0.2) is 11.0 Å². The number of nitrogen functional groups attached to an aromatic ring is 1. The fourth-order valence-corrected chi connectivity index (χ4v) is 1.41. The highest BCUT2D eigenvalue weighted by Gasteiger charge is 2.12. The Kier molecular flexibility index (Phi) is 3.52. The number of anilines is 1. The second-order valence-corrected chi connectivity index (χ2v) is 3.66. The van der Waals surface area contributed by atoms with E-state index in [0.29, 0.717) is 0 Å². The van der Waals surface area contributed by atoms with E-state index in [-0.39, 0.29) is 17.9 Å². The summed E-state index contributed by atoms with van der Waals surface area (Å²) in [4.78, 5) is 15.6. The molecule has 0 spiro atoms. The quantitative estimate of drug-likeness (QED) is 0.665. The molecule has 0 aliphatic rings. The van der Waals surface area contributed by atoms with Crippen molar-refractivity contribution in [2.45, 2.75) is 6.61 Å². The maximum atomic E-state index is 13.0. The van der Waals surface area contributed by atoms with Crippen LogP contribution in [0.5, 0.6) is 0 Å². The zero-order valence-electron chi connectivity index (χ0n) is 9.47. The highest BCUT2D eigenvalue weighted by Crippen LogP contribution is 2.15. The van der Waals surface area contributed by atoms with Crippen molar-refractivity contribution < 1.29 is 13.9 Å². The number of nitrogens with two attached hydrogens (primary N) is 1. The average molecular weight is 246 g/mol. The lowest BCUT2D eigenvalue weighted by Crippen LogP contribution is -2.08. The predicted octanol–water partition coefficient (Wildman–Crippen LogP) is 2.16. The lowest BCUT2D eigenvalue weighted by molar-refractivity contribution is 0.0473. The van der Waals surface area contributed by atoms with Crippen molar-refractivity contribution in [2.24, 2.45) is 0 Å². The average Bonchev–Trinajstić information content (AvgIpc) is 2.40. The Hall–Kier alpha value is -2.43. The second kappa shape index (κ2) is 5.27. The fourth-order valence-electron chi connectivity index (χ4n) is 1.41. The monoisotopic (exact) mass is 246 g/mol. The van der Waals surface area contributed by atoms with Crippen molar-refractivity contribution in [1.82, 2.24) is 4.98 Å². The van der Waals surface area contributed by atoms with Crippen LogP contribution < -0.4 is 5.73 Å². The lowest BCUT2D eigenvalue weighted by atomic mass is 10.2. The fraction of sp³-hybridized carbons (Fsp3) is 0.0769. The van der Waals surface area contributed by atoms with E-state index in [1.807, 2.05) is 0 Å². The van der Waals surface area contributed by atoms with E-state index in [2.05, 4.69) is 4.98 Å². The number of ether oxygens (including phenoxy) is 1. The van der Waals surface area contributed by atoms with E-state index in [4.69, 9.17) is 10.5 Å². The Morgan fingerprint density at radius 1 is 1.28 bits per heavy atom. The van der Waals surface area contributed by atoms with Gasteiger partial charge in [0.2, 0.25) is 0 Å².